The molecule has 1 spiro atoms. The van der Waals surface area contributed by atoms with Crippen molar-refractivity contribution in [2.75, 3.05) is 26.7 Å². The first kappa shape index (κ1) is 15.8. The minimum absolute atomic E-state index is 0.123. The highest BCUT2D eigenvalue weighted by atomic mass is 16.6. The molecule has 0 atom stereocenters. The van der Waals surface area contributed by atoms with Gasteiger partial charge in [0.05, 0.1) is 6.54 Å². The second-order valence-corrected chi connectivity index (χ2v) is 6.51. The van der Waals surface area contributed by atoms with Crippen molar-refractivity contribution in [2.45, 2.75) is 38.2 Å². The number of nitrogens with zero attached hydrogens (tertiary/aromatic N) is 5. The maximum atomic E-state index is 12.4. The normalized spacial score (nSPS) is 20.2. The van der Waals surface area contributed by atoms with Crippen LogP contribution in [0, 0.1) is 6.92 Å². The Morgan fingerprint density at radius 2 is 1.96 bits per heavy atom. The van der Waals surface area contributed by atoms with Gasteiger partial charge in [-0.05, 0) is 6.92 Å². The minimum atomic E-state index is -0.399. The number of amides is 2. The van der Waals surface area contributed by atoms with Crippen molar-refractivity contribution >= 4 is 12.0 Å². The summed E-state index contributed by atoms with van der Waals surface area (Å²) in [7, 11) is 3.65. The Bertz CT molecular complexity index is 619. The smallest absolute Gasteiger partial charge is 0.410 e. The van der Waals surface area contributed by atoms with Crippen LogP contribution in [0.15, 0.2) is 0 Å². The van der Waals surface area contributed by atoms with Gasteiger partial charge in [-0.2, -0.15) is 0 Å². The molecule has 2 saturated heterocycles. The Labute approximate surface area is 135 Å². The van der Waals surface area contributed by atoms with Crippen molar-refractivity contribution in [3.05, 3.63) is 11.6 Å². The molecule has 2 fully saturated rings. The van der Waals surface area contributed by atoms with Gasteiger partial charge in [-0.1, -0.05) is 0 Å². The van der Waals surface area contributed by atoms with E-state index in [1.54, 1.807) is 11.9 Å². The van der Waals surface area contributed by atoms with Gasteiger partial charge >= 0.3 is 6.09 Å². The standard InChI is InChI=1S/C15H23N5O3/c1-11-16-17-12(19(11)3)4-5-13(21)20-8-6-15(7-9-20)10-18(2)14(22)23-15/h4-10H2,1-3H3. The van der Waals surface area contributed by atoms with Crippen molar-refractivity contribution < 1.29 is 14.3 Å². The van der Waals surface area contributed by atoms with Gasteiger partial charge in [0.15, 0.2) is 0 Å². The van der Waals surface area contributed by atoms with Crippen LogP contribution in [0.5, 0.6) is 0 Å². The van der Waals surface area contributed by atoms with Gasteiger partial charge in [0.1, 0.15) is 17.2 Å². The number of likely N-dealkylation sites (tertiary alicyclic amines) is 1. The number of aryl methyl sites for hydroxylation is 2. The Morgan fingerprint density at radius 3 is 2.48 bits per heavy atom. The molecule has 23 heavy (non-hydrogen) atoms. The number of aromatic nitrogens is 3. The first-order valence-corrected chi connectivity index (χ1v) is 7.97. The van der Waals surface area contributed by atoms with Crippen molar-refractivity contribution in [2.24, 2.45) is 7.05 Å². The molecule has 0 aliphatic carbocycles. The molecule has 2 amide bonds. The summed E-state index contributed by atoms with van der Waals surface area (Å²) in [6.07, 6.45) is 2.17. The molecule has 2 aliphatic rings. The average molecular weight is 321 g/mol. The molecule has 8 nitrogen and oxygen atoms in total. The van der Waals surface area contributed by atoms with Crippen molar-refractivity contribution in [1.29, 1.82) is 0 Å². The van der Waals surface area contributed by atoms with Gasteiger partial charge in [0, 0.05) is 52.9 Å². The third-order valence-electron chi connectivity index (χ3n) is 4.91. The summed E-state index contributed by atoms with van der Waals surface area (Å²) in [6, 6.07) is 0. The molecule has 0 bridgehead atoms. The molecule has 1 aromatic rings. The fourth-order valence-corrected chi connectivity index (χ4v) is 3.26. The van der Waals surface area contributed by atoms with E-state index in [1.807, 2.05) is 23.4 Å². The minimum Gasteiger partial charge on any atom is -0.441 e. The third-order valence-corrected chi connectivity index (χ3v) is 4.91. The molecule has 126 valence electrons. The van der Waals surface area contributed by atoms with Crippen molar-refractivity contribution in [3.63, 3.8) is 0 Å². The highest BCUT2D eigenvalue weighted by Gasteiger charge is 2.46. The molecule has 1 aromatic heterocycles. The number of hydrogen-bond acceptors (Lipinski definition) is 5. The second-order valence-electron chi connectivity index (χ2n) is 6.51. The summed E-state index contributed by atoms with van der Waals surface area (Å²) >= 11 is 0. The zero-order valence-electron chi connectivity index (χ0n) is 13.9. The maximum Gasteiger partial charge on any atom is 0.410 e. The van der Waals surface area contributed by atoms with Crippen LogP contribution in [0.25, 0.3) is 0 Å². The molecular formula is C15H23N5O3. The van der Waals surface area contributed by atoms with E-state index in [9.17, 15) is 9.59 Å². The summed E-state index contributed by atoms with van der Waals surface area (Å²) in [4.78, 5) is 27.4. The maximum absolute atomic E-state index is 12.4. The molecule has 0 aromatic carbocycles. The molecule has 0 saturated carbocycles. The first-order chi connectivity index (χ1) is 10.9. The van der Waals surface area contributed by atoms with Gasteiger partial charge < -0.3 is 19.1 Å². The van der Waals surface area contributed by atoms with Crippen LogP contribution < -0.4 is 0 Å². The van der Waals surface area contributed by atoms with Crippen LogP contribution in [-0.2, 0) is 23.0 Å². The van der Waals surface area contributed by atoms with Gasteiger partial charge in [-0.15, -0.1) is 10.2 Å². The Morgan fingerprint density at radius 1 is 1.26 bits per heavy atom. The number of carbonyl (C=O) groups excluding carboxylic acids is 2. The average Bonchev–Trinajstić information content (AvgIpc) is 2.98. The SMILES string of the molecule is Cc1nnc(CCC(=O)N2CCC3(CC2)CN(C)C(=O)O3)n1C. The van der Waals surface area contributed by atoms with Crippen molar-refractivity contribution in [3.8, 4) is 0 Å². The summed E-state index contributed by atoms with van der Waals surface area (Å²) in [6.45, 7) is 3.78. The Kier molecular flexibility index (Phi) is 3.99. The fourth-order valence-electron chi connectivity index (χ4n) is 3.26. The lowest BCUT2D eigenvalue weighted by Crippen LogP contribution is -2.48. The highest BCUT2D eigenvalue weighted by molar-refractivity contribution is 5.76. The zero-order chi connectivity index (χ0) is 16.6. The molecule has 0 radical (unpaired) electrons. The molecule has 2 aliphatic heterocycles. The van der Waals surface area contributed by atoms with Crippen LogP contribution in [0.4, 0.5) is 4.79 Å². The Hall–Kier alpha value is -2.12. The van der Waals surface area contributed by atoms with E-state index in [-0.39, 0.29) is 12.0 Å². The lowest BCUT2D eigenvalue weighted by atomic mass is 9.91. The van der Waals surface area contributed by atoms with Crippen LogP contribution >= 0.6 is 0 Å². The van der Waals surface area contributed by atoms with Crippen LogP contribution in [0.2, 0.25) is 0 Å². The molecule has 8 heteroatoms. The Balaban J connectivity index is 1.51. The number of carbonyl (C=O) groups is 2. The van der Waals surface area contributed by atoms with E-state index in [0.717, 1.165) is 11.6 Å². The summed E-state index contributed by atoms with van der Waals surface area (Å²) in [5, 5.41) is 8.09. The first-order valence-electron chi connectivity index (χ1n) is 7.97. The number of piperidine rings is 1. The van der Waals surface area contributed by atoms with Gasteiger partial charge in [-0.25, -0.2) is 4.79 Å². The molecular weight excluding hydrogens is 298 g/mol. The van der Waals surface area contributed by atoms with Crippen LogP contribution in [0.1, 0.15) is 30.9 Å². The molecule has 3 heterocycles. The van der Waals surface area contributed by atoms with Gasteiger partial charge in [0.2, 0.25) is 5.91 Å². The summed E-state index contributed by atoms with van der Waals surface area (Å²) in [5.41, 5.74) is -0.399. The zero-order valence-corrected chi connectivity index (χ0v) is 13.9. The highest BCUT2D eigenvalue weighted by Crippen LogP contribution is 2.32. The predicted molar refractivity (Wildman–Crippen MR) is 81.7 cm³/mol. The predicted octanol–water partition coefficient (Wildman–Crippen LogP) is 0.499. The second kappa shape index (κ2) is 5.82. The lowest BCUT2D eigenvalue weighted by Gasteiger charge is -2.37. The monoisotopic (exact) mass is 321 g/mol. The largest absolute Gasteiger partial charge is 0.441 e. The quantitative estimate of drug-likeness (QED) is 0.810. The number of ether oxygens (including phenoxy) is 1. The van der Waals surface area contributed by atoms with Crippen molar-refractivity contribution in [1.82, 2.24) is 24.6 Å². The van der Waals surface area contributed by atoms with E-state index in [4.69, 9.17) is 4.74 Å². The summed E-state index contributed by atoms with van der Waals surface area (Å²) < 4.78 is 7.41. The summed E-state index contributed by atoms with van der Waals surface area (Å²) in [5.74, 6) is 1.80. The van der Waals surface area contributed by atoms with E-state index < -0.39 is 5.60 Å². The van der Waals surface area contributed by atoms with E-state index in [1.165, 1.54) is 0 Å². The van der Waals surface area contributed by atoms with E-state index in [2.05, 4.69) is 10.2 Å². The lowest BCUT2D eigenvalue weighted by molar-refractivity contribution is -0.134. The number of hydrogen-bond donors (Lipinski definition) is 0. The third kappa shape index (κ3) is 3.02. The molecule has 0 unspecified atom stereocenters. The topological polar surface area (TPSA) is 80.6 Å². The fraction of sp³-hybridized carbons (Fsp3) is 0.733. The number of rotatable bonds is 3. The molecule has 0 N–H and O–H groups in total. The van der Waals surface area contributed by atoms with Crippen LogP contribution in [0.3, 0.4) is 0 Å². The molecule has 3 rings (SSSR count). The number of likely N-dealkylation sites (N-methyl/N-ethyl adjacent to an activating group) is 1. The van der Waals surface area contributed by atoms with E-state index in [0.29, 0.717) is 45.3 Å². The van der Waals surface area contributed by atoms with Crippen LogP contribution in [-0.4, -0.2) is 68.8 Å². The van der Waals surface area contributed by atoms with Gasteiger partial charge in [0.25, 0.3) is 0 Å². The van der Waals surface area contributed by atoms with E-state index >= 15 is 0 Å². The van der Waals surface area contributed by atoms with Gasteiger partial charge in [-0.3, -0.25) is 4.79 Å².